The summed E-state index contributed by atoms with van der Waals surface area (Å²) in [5.41, 5.74) is 1.00. The molecule has 192 valence electrons. The lowest BCUT2D eigenvalue weighted by molar-refractivity contribution is -0.139. The van der Waals surface area contributed by atoms with Gasteiger partial charge in [-0.3, -0.25) is 13.9 Å². The average molecular weight is 563 g/mol. The SMILES string of the molecule is CC[C@H](C)NC(=O)[C@@H](C)N(CCc1ccccc1)C(=O)CN(c1cc(Cl)c(Cl)cc1Cl)S(C)(=O)=O. The van der Waals surface area contributed by atoms with E-state index in [0.717, 1.165) is 22.5 Å². The molecule has 0 bridgehead atoms. The molecule has 2 rings (SSSR count). The zero-order valence-electron chi connectivity index (χ0n) is 20.1. The summed E-state index contributed by atoms with van der Waals surface area (Å²) in [7, 11) is -3.94. The van der Waals surface area contributed by atoms with Crippen LogP contribution in [0.4, 0.5) is 5.69 Å². The Morgan fingerprint density at radius 3 is 2.17 bits per heavy atom. The Balaban J connectivity index is 2.38. The van der Waals surface area contributed by atoms with Gasteiger partial charge in [-0.2, -0.15) is 0 Å². The van der Waals surface area contributed by atoms with Crippen LogP contribution in [0, 0.1) is 0 Å². The molecule has 11 heteroatoms. The molecule has 35 heavy (non-hydrogen) atoms. The zero-order valence-corrected chi connectivity index (χ0v) is 23.2. The fourth-order valence-electron chi connectivity index (χ4n) is 3.33. The number of carbonyl (C=O) groups excluding carboxylic acids is 2. The highest BCUT2D eigenvalue weighted by Gasteiger charge is 2.31. The minimum absolute atomic E-state index is 0.0241. The maximum absolute atomic E-state index is 13.5. The molecule has 0 fully saturated rings. The molecular formula is C24H30Cl3N3O4S. The molecule has 0 aliphatic rings. The number of anilines is 1. The van der Waals surface area contributed by atoms with Crippen molar-refractivity contribution in [3.05, 3.63) is 63.1 Å². The third kappa shape index (κ3) is 8.27. The Kier molecular flexibility index (Phi) is 10.7. The van der Waals surface area contributed by atoms with Crippen molar-refractivity contribution >= 4 is 62.3 Å². The maximum Gasteiger partial charge on any atom is 0.244 e. The molecule has 7 nitrogen and oxygen atoms in total. The van der Waals surface area contributed by atoms with Crippen molar-refractivity contribution in [1.82, 2.24) is 10.2 Å². The van der Waals surface area contributed by atoms with Crippen molar-refractivity contribution in [2.45, 2.75) is 45.7 Å². The summed E-state index contributed by atoms with van der Waals surface area (Å²) in [5, 5.41) is 3.15. The lowest BCUT2D eigenvalue weighted by Crippen LogP contribution is -2.53. The van der Waals surface area contributed by atoms with Crippen molar-refractivity contribution in [3.63, 3.8) is 0 Å². The molecule has 0 saturated carbocycles. The van der Waals surface area contributed by atoms with Gasteiger partial charge in [0.1, 0.15) is 12.6 Å². The number of nitrogens with one attached hydrogen (secondary N) is 1. The van der Waals surface area contributed by atoms with Crippen molar-refractivity contribution in [2.24, 2.45) is 0 Å². The normalized spacial score (nSPS) is 13.1. The quantitative estimate of drug-likeness (QED) is 0.399. The molecule has 0 radical (unpaired) electrons. The summed E-state index contributed by atoms with van der Waals surface area (Å²) in [5.74, 6) is -0.875. The molecule has 2 amide bonds. The molecular weight excluding hydrogens is 533 g/mol. The number of hydrogen-bond acceptors (Lipinski definition) is 4. The minimum Gasteiger partial charge on any atom is -0.352 e. The molecule has 2 aromatic rings. The Labute approximate surface area is 222 Å². The van der Waals surface area contributed by atoms with Crippen LogP contribution in [-0.2, 0) is 26.0 Å². The van der Waals surface area contributed by atoms with Crippen LogP contribution in [0.2, 0.25) is 15.1 Å². The van der Waals surface area contributed by atoms with Gasteiger partial charge in [0, 0.05) is 12.6 Å². The van der Waals surface area contributed by atoms with Gasteiger partial charge < -0.3 is 10.2 Å². The Bertz CT molecular complexity index is 1150. The van der Waals surface area contributed by atoms with Crippen molar-refractivity contribution in [1.29, 1.82) is 0 Å². The number of carbonyl (C=O) groups is 2. The summed E-state index contributed by atoms with van der Waals surface area (Å²) in [4.78, 5) is 27.7. The van der Waals surface area contributed by atoms with Crippen LogP contribution in [0.3, 0.4) is 0 Å². The van der Waals surface area contributed by atoms with E-state index in [1.165, 1.54) is 17.0 Å². The summed E-state index contributed by atoms with van der Waals surface area (Å²) < 4.78 is 26.2. The van der Waals surface area contributed by atoms with E-state index < -0.39 is 28.5 Å². The van der Waals surface area contributed by atoms with Crippen LogP contribution >= 0.6 is 34.8 Å². The molecule has 2 atom stereocenters. The van der Waals surface area contributed by atoms with Crippen molar-refractivity contribution in [3.8, 4) is 0 Å². The number of nitrogens with zero attached hydrogens (tertiary/aromatic N) is 2. The van der Waals surface area contributed by atoms with E-state index in [4.69, 9.17) is 34.8 Å². The second-order valence-corrected chi connectivity index (χ2v) is 11.4. The number of rotatable bonds is 11. The summed E-state index contributed by atoms with van der Waals surface area (Å²) in [6, 6.07) is 11.2. The largest absolute Gasteiger partial charge is 0.352 e. The van der Waals surface area contributed by atoms with Gasteiger partial charge in [0.15, 0.2) is 0 Å². The van der Waals surface area contributed by atoms with Crippen LogP contribution in [0.5, 0.6) is 0 Å². The smallest absolute Gasteiger partial charge is 0.244 e. The number of halogens is 3. The first kappa shape index (κ1) is 29.2. The van der Waals surface area contributed by atoms with Gasteiger partial charge in [-0.15, -0.1) is 0 Å². The number of hydrogen-bond donors (Lipinski definition) is 1. The Hall–Kier alpha value is -2.00. The van der Waals surface area contributed by atoms with Crippen molar-refractivity contribution in [2.75, 3.05) is 23.7 Å². The monoisotopic (exact) mass is 561 g/mol. The van der Waals surface area contributed by atoms with E-state index in [1.807, 2.05) is 44.2 Å². The highest BCUT2D eigenvalue weighted by Crippen LogP contribution is 2.35. The Morgan fingerprint density at radius 2 is 1.60 bits per heavy atom. The van der Waals surface area contributed by atoms with Crippen LogP contribution in [0.15, 0.2) is 42.5 Å². The predicted molar refractivity (Wildman–Crippen MR) is 143 cm³/mol. The molecule has 0 spiro atoms. The molecule has 0 aliphatic heterocycles. The van der Waals surface area contributed by atoms with E-state index >= 15 is 0 Å². The summed E-state index contributed by atoms with van der Waals surface area (Å²) in [6.07, 6.45) is 2.18. The van der Waals surface area contributed by atoms with Crippen LogP contribution in [0.1, 0.15) is 32.8 Å². The zero-order chi connectivity index (χ0) is 26.3. The Morgan fingerprint density at radius 1 is 1.00 bits per heavy atom. The van der Waals surface area contributed by atoms with Crippen LogP contribution in [0.25, 0.3) is 0 Å². The van der Waals surface area contributed by atoms with E-state index in [9.17, 15) is 18.0 Å². The number of benzene rings is 2. The van der Waals surface area contributed by atoms with E-state index in [0.29, 0.717) is 6.42 Å². The van der Waals surface area contributed by atoms with Gasteiger partial charge in [0.05, 0.1) is 27.0 Å². The molecule has 2 aromatic carbocycles. The van der Waals surface area contributed by atoms with Gasteiger partial charge in [-0.25, -0.2) is 8.42 Å². The van der Waals surface area contributed by atoms with Crippen LogP contribution in [-0.4, -0.2) is 56.6 Å². The lowest BCUT2D eigenvalue weighted by atomic mass is 10.1. The van der Waals surface area contributed by atoms with Crippen LogP contribution < -0.4 is 9.62 Å². The van der Waals surface area contributed by atoms with E-state index in [-0.39, 0.29) is 39.2 Å². The molecule has 0 saturated heterocycles. The first-order valence-electron chi connectivity index (χ1n) is 11.1. The predicted octanol–water partition coefficient (Wildman–Crippen LogP) is 4.79. The summed E-state index contributed by atoms with van der Waals surface area (Å²) in [6.45, 7) is 5.09. The summed E-state index contributed by atoms with van der Waals surface area (Å²) >= 11 is 18.3. The molecule has 1 N–H and O–H groups in total. The maximum atomic E-state index is 13.5. The average Bonchev–Trinajstić information content (AvgIpc) is 2.79. The topological polar surface area (TPSA) is 86.8 Å². The number of amides is 2. The minimum atomic E-state index is -3.94. The van der Waals surface area contributed by atoms with E-state index in [1.54, 1.807) is 6.92 Å². The van der Waals surface area contributed by atoms with E-state index in [2.05, 4.69) is 5.32 Å². The standard InChI is InChI=1S/C24H30Cl3N3O4S/c1-5-16(2)28-24(32)17(3)29(12-11-18-9-7-6-8-10-18)23(31)15-30(35(4,33)34)22-14-20(26)19(25)13-21(22)27/h6-10,13-14,16-17H,5,11-12,15H2,1-4H3,(H,28,32)/t16-,17+/m0/s1. The first-order chi connectivity index (χ1) is 16.3. The molecule has 0 unspecified atom stereocenters. The molecule has 0 aliphatic carbocycles. The van der Waals surface area contributed by atoms with Gasteiger partial charge in [-0.1, -0.05) is 72.1 Å². The second kappa shape index (κ2) is 12.8. The van der Waals surface area contributed by atoms with Gasteiger partial charge >= 0.3 is 0 Å². The highest BCUT2D eigenvalue weighted by molar-refractivity contribution is 7.92. The lowest BCUT2D eigenvalue weighted by Gasteiger charge is -2.32. The third-order valence-electron chi connectivity index (χ3n) is 5.59. The fraction of sp³-hybridized carbons (Fsp3) is 0.417. The van der Waals surface area contributed by atoms with Gasteiger partial charge in [0.25, 0.3) is 0 Å². The third-order valence-corrected chi connectivity index (χ3v) is 7.74. The molecule has 0 heterocycles. The second-order valence-electron chi connectivity index (χ2n) is 8.30. The van der Waals surface area contributed by atoms with Crippen molar-refractivity contribution < 1.29 is 18.0 Å². The first-order valence-corrected chi connectivity index (χ1v) is 14.1. The highest BCUT2D eigenvalue weighted by atomic mass is 35.5. The number of sulfonamides is 1. The van der Waals surface area contributed by atoms with Gasteiger partial charge in [-0.05, 0) is 44.4 Å². The van der Waals surface area contributed by atoms with Gasteiger partial charge in [0.2, 0.25) is 21.8 Å². The fourth-order valence-corrected chi connectivity index (χ4v) is 4.88. The molecule has 0 aromatic heterocycles.